The normalized spacial score (nSPS) is 22.6. The zero-order valence-corrected chi connectivity index (χ0v) is 12.9. The molecule has 1 atom stereocenters. The van der Waals surface area contributed by atoms with E-state index in [2.05, 4.69) is 25.9 Å². The van der Waals surface area contributed by atoms with Crippen LogP contribution in [0.2, 0.25) is 0 Å². The van der Waals surface area contributed by atoms with E-state index in [9.17, 15) is 4.79 Å². The number of halogens is 1. The van der Waals surface area contributed by atoms with Crippen LogP contribution in [0, 0.1) is 11.8 Å². The van der Waals surface area contributed by atoms with Gasteiger partial charge in [0.05, 0.1) is 11.1 Å². The average molecular weight is 340 g/mol. The van der Waals surface area contributed by atoms with Gasteiger partial charge in [-0.1, -0.05) is 0 Å². The molecule has 2 heterocycles. The van der Waals surface area contributed by atoms with Crippen molar-refractivity contribution in [2.75, 3.05) is 19.7 Å². The van der Waals surface area contributed by atoms with E-state index in [4.69, 9.17) is 4.74 Å². The number of aromatic nitrogens is 2. The Bertz CT molecular complexity index is 476. The summed E-state index contributed by atoms with van der Waals surface area (Å²) in [5.74, 6) is 1.04. The van der Waals surface area contributed by atoms with Crippen molar-refractivity contribution in [3.8, 4) is 6.01 Å². The van der Waals surface area contributed by atoms with Crippen molar-refractivity contribution in [2.45, 2.75) is 25.7 Å². The van der Waals surface area contributed by atoms with E-state index in [1.165, 1.54) is 0 Å². The maximum Gasteiger partial charge on any atom is 0.316 e. The first-order valence-electron chi connectivity index (χ1n) is 7.11. The van der Waals surface area contributed by atoms with Crippen molar-refractivity contribution in [3.05, 3.63) is 16.9 Å². The minimum Gasteiger partial charge on any atom is -0.463 e. The van der Waals surface area contributed by atoms with Crippen molar-refractivity contribution in [3.63, 3.8) is 0 Å². The standard InChI is InChI=1S/C14H18BrN3O2/c15-12-6-16-14(17-7-12)20-9-10-2-1-5-18(8-10)13(19)11-3-4-11/h6-7,10-11H,1-5,8-9H2. The number of hydrogen-bond donors (Lipinski definition) is 0. The lowest BCUT2D eigenvalue weighted by Crippen LogP contribution is -2.42. The van der Waals surface area contributed by atoms with Gasteiger partial charge in [0.15, 0.2) is 0 Å². The highest BCUT2D eigenvalue weighted by molar-refractivity contribution is 9.10. The molecule has 108 valence electrons. The third-order valence-electron chi connectivity index (χ3n) is 3.80. The van der Waals surface area contributed by atoms with Crippen molar-refractivity contribution in [2.24, 2.45) is 11.8 Å². The largest absolute Gasteiger partial charge is 0.463 e. The smallest absolute Gasteiger partial charge is 0.316 e. The topological polar surface area (TPSA) is 55.3 Å². The Morgan fingerprint density at radius 2 is 2.10 bits per heavy atom. The Balaban J connectivity index is 1.49. The van der Waals surface area contributed by atoms with Crippen LogP contribution in [0.1, 0.15) is 25.7 Å². The molecule has 1 aromatic rings. The van der Waals surface area contributed by atoms with E-state index in [1.54, 1.807) is 12.4 Å². The molecule has 2 fully saturated rings. The highest BCUT2D eigenvalue weighted by atomic mass is 79.9. The van der Waals surface area contributed by atoms with E-state index in [0.29, 0.717) is 30.4 Å². The van der Waals surface area contributed by atoms with E-state index in [1.807, 2.05) is 4.90 Å². The zero-order valence-electron chi connectivity index (χ0n) is 11.3. The SMILES string of the molecule is O=C(C1CC1)N1CCCC(COc2ncc(Br)cn2)C1. The van der Waals surface area contributed by atoms with Gasteiger partial charge in [0.25, 0.3) is 0 Å². The van der Waals surface area contributed by atoms with Crippen LogP contribution >= 0.6 is 15.9 Å². The molecule has 20 heavy (non-hydrogen) atoms. The molecule has 2 aliphatic rings. The maximum absolute atomic E-state index is 12.1. The lowest BCUT2D eigenvalue weighted by Gasteiger charge is -2.32. The van der Waals surface area contributed by atoms with E-state index >= 15 is 0 Å². The molecule has 0 radical (unpaired) electrons. The summed E-state index contributed by atoms with van der Waals surface area (Å²) < 4.78 is 6.46. The summed E-state index contributed by atoms with van der Waals surface area (Å²) in [6.07, 6.45) is 7.66. The fourth-order valence-corrected chi connectivity index (χ4v) is 2.76. The number of piperidine rings is 1. The Morgan fingerprint density at radius 3 is 2.80 bits per heavy atom. The number of rotatable bonds is 4. The summed E-state index contributed by atoms with van der Waals surface area (Å²) in [7, 11) is 0. The second-order valence-corrected chi connectivity index (χ2v) is 6.48. The van der Waals surface area contributed by atoms with Crippen molar-refractivity contribution < 1.29 is 9.53 Å². The third-order valence-corrected chi connectivity index (χ3v) is 4.21. The molecule has 5 nitrogen and oxygen atoms in total. The maximum atomic E-state index is 12.1. The quantitative estimate of drug-likeness (QED) is 0.844. The molecule has 1 aliphatic heterocycles. The number of amides is 1. The van der Waals surface area contributed by atoms with Gasteiger partial charge in [-0.15, -0.1) is 0 Å². The molecule has 1 aliphatic carbocycles. The number of hydrogen-bond acceptors (Lipinski definition) is 4. The van der Waals surface area contributed by atoms with Gasteiger partial charge in [-0.2, -0.15) is 0 Å². The van der Waals surface area contributed by atoms with Gasteiger partial charge in [0, 0.05) is 37.3 Å². The van der Waals surface area contributed by atoms with Crippen molar-refractivity contribution in [1.82, 2.24) is 14.9 Å². The molecule has 1 unspecified atom stereocenters. The molecule has 6 heteroatoms. The Labute approximate surface area is 126 Å². The second-order valence-electron chi connectivity index (χ2n) is 5.56. The Morgan fingerprint density at radius 1 is 1.35 bits per heavy atom. The van der Waals surface area contributed by atoms with Crippen molar-refractivity contribution >= 4 is 21.8 Å². The third kappa shape index (κ3) is 3.48. The number of ether oxygens (including phenoxy) is 1. The summed E-state index contributed by atoms with van der Waals surface area (Å²) in [5, 5.41) is 0. The predicted octanol–water partition coefficient (Wildman–Crippen LogP) is 2.27. The lowest BCUT2D eigenvalue weighted by molar-refractivity contribution is -0.134. The molecule has 1 saturated heterocycles. The van der Waals surface area contributed by atoms with E-state index in [0.717, 1.165) is 43.2 Å². The van der Waals surface area contributed by atoms with Crippen LogP contribution in [0.25, 0.3) is 0 Å². The van der Waals surface area contributed by atoms with E-state index < -0.39 is 0 Å². The lowest BCUT2D eigenvalue weighted by atomic mass is 9.98. The van der Waals surface area contributed by atoms with Crippen LogP contribution in [-0.2, 0) is 4.79 Å². The molecule has 0 N–H and O–H groups in total. The summed E-state index contributed by atoms with van der Waals surface area (Å²) in [4.78, 5) is 22.3. The molecule has 0 aromatic carbocycles. The molecule has 3 rings (SSSR count). The van der Waals surface area contributed by atoms with Crippen LogP contribution in [-0.4, -0.2) is 40.5 Å². The molecule has 1 saturated carbocycles. The summed E-state index contributed by atoms with van der Waals surface area (Å²) >= 11 is 3.29. The summed E-state index contributed by atoms with van der Waals surface area (Å²) in [6.45, 7) is 2.29. The van der Waals surface area contributed by atoms with Gasteiger partial charge < -0.3 is 9.64 Å². The minimum absolute atomic E-state index is 0.310. The molecular formula is C14H18BrN3O2. The summed E-state index contributed by atoms with van der Waals surface area (Å²) in [6, 6.07) is 0.402. The van der Waals surface area contributed by atoms with Crippen LogP contribution < -0.4 is 4.74 Å². The fourth-order valence-electron chi connectivity index (χ4n) is 2.56. The van der Waals surface area contributed by atoms with Gasteiger partial charge in [0.1, 0.15) is 0 Å². The molecule has 1 aromatic heterocycles. The average Bonchev–Trinajstić information content (AvgIpc) is 3.31. The van der Waals surface area contributed by atoms with Crippen LogP contribution in [0.15, 0.2) is 16.9 Å². The van der Waals surface area contributed by atoms with Crippen LogP contribution in [0.3, 0.4) is 0 Å². The Kier molecular flexibility index (Phi) is 4.19. The minimum atomic E-state index is 0.310. The van der Waals surface area contributed by atoms with Crippen LogP contribution in [0.5, 0.6) is 6.01 Å². The Hall–Kier alpha value is -1.17. The number of carbonyl (C=O) groups excluding carboxylic acids is 1. The van der Waals surface area contributed by atoms with Gasteiger partial charge in [-0.25, -0.2) is 9.97 Å². The van der Waals surface area contributed by atoms with Gasteiger partial charge in [-0.3, -0.25) is 4.79 Å². The van der Waals surface area contributed by atoms with Crippen molar-refractivity contribution in [1.29, 1.82) is 0 Å². The number of carbonyl (C=O) groups is 1. The number of likely N-dealkylation sites (tertiary alicyclic amines) is 1. The highest BCUT2D eigenvalue weighted by Crippen LogP contribution is 2.32. The summed E-state index contributed by atoms with van der Waals surface area (Å²) in [5.41, 5.74) is 0. The van der Waals surface area contributed by atoms with Gasteiger partial charge in [0.2, 0.25) is 5.91 Å². The first-order valence-corrected chi connectivity index (χ1v) is 7.91. The van der Waals surface area contributed by atoms with Gasteiger partial charge in [-0.05, 0) is 41.6 Å². The predicted molar refractivity (Wildman–Crippen MR) is 77.3 cm³/mol. The van der Waals surface area contributed by atoms with Crippen LogP contribution in [0.4, 0.5) is 0 Å². The highest BCUT2D eigenvalue weighted by Gasteiger charge is 2.35. The monoisotopic (exact) mass is 339 g/mol. The molecule has 1 amide bonds. The fraction of sp³-hybridized carbons (Fsp3) is 0.643. The van der Waals surface area contributed by atoms with E-state index in [-0.39, 0.29) is 0 Å². The van der Waals surface area contributed by atoms with Gasteiger partial charge >= 0.3 is 6.01 Å². The second kappa shape index (κ2) is 6.08. The zero-order chi connectivity index (χ0) is 13.9. The molecular weight excluding hydrogens is 322 g/mol. The first kappa shape index (κ1) is 13.8. The number of nitrogens with zero attached hydrogens (tertiary/aromatic N) is 3. The molecule has 0 bridgehead atoms. The molecule has 0 spiro atoms. The first-order chi connectivity index (χ1) is 9.72.